The van der Waals surface area contributed by atoms with Crippen molar-refractivity contribution in [3.63, 3.8) is 0 Å². The molecule has 8 heteroatoms. The van der Waals surface area contributed by atoms with Gasteiger partial charge in [0.1, 0.15) is 12.6 Å². The number of hydrogen-bond donors (Lipinski definition) is 1. The Bertz CT molecular complexity index is 380. The van der Waals surface area contributed by atoms with E-state index in [0.29, 0.717) is 32.8 Å². The maximum absolute atomic E-state index is 11.0. The number of hydrogen-bond acceptors (Lipinski definition) is 7. The van der Waals surface area contributed by atoms with E-state index in [9.17, 15) is 14.4 Å². The zero-order valence-corrected chi connectivity index (χ0v) is 13.9. The van der Waals surface area contributed by atoms with Crippen molar-refractivity contribution in [3.05, 3.63) is 0 Å². The molecule has 1 N–H and O–H groups in total. The standard InChI is InChI=1S/C15H28N4O4/c1-2-16-3-5-17(9-11-20)6-8-19(13-15(22)23)14-18(7-4-16)10-12-21/h11-12H,2-10,13-14H2,1H3,(H,22,23). The van der Waals surface area contributed by atoms with Crippen LogP contribution in [0.2, 0.25) is 0 Å². The van der Waals surface area contributed by atoms with E-state index < -0.39 is 5.97 Å². The van der Waals surface area contributed by atoms with Crippen LogP contribution >= 0.6 is 0 Å². The molecule has 0 spiro atoms. The van der Waals surface area contributed by atoms with Crippen LogP contribution in [0.3, 0.4) is 0 Å². The number of rotatable bonds is 7. The Morgan fingerprint density at radius 1 is 0.870 bits per heavy atom. The summed E-state index contributed by atoms with van der Waals surface area (Å²) >= 11 is 0. The van der Waals surface area contributed by atoms with E-state index in [4.69, 9.17) is 5.11 Å². The lowest BCUT2D eigenvalue weighted by Crippen LogP contribution is -2.45. The normalized spacial score (nSPS) is 20.7. The third kappa shape index (κ3) is 8.17. The molecule has 0 aromatic rings. The van der Waals surface area contributed by atoms with Crippen molar-refractivity contribution in [1.82, 2.24) is 19.6 Å². The first kappa shape index (κ1) is 19.7. The fraction of sp³-hybridized carbons (Fsp3) is 0.800. The second-order valence-corrected chi connectivity index (χ2v) is 5.73. The summed E-state index contributed by atoms with van der Waals surface area (Å²) in [7, 11) is 0. The highest BCUT2D eigenvalue weighted by atomic mass is 16.4. The van der Waals surface area contributed by atoms with E-state index in [1.54, 1.807) is 0 Å². The summed E-state index contributed by atoms with van der Waals surface area (Å²) < 4.78 is 0. The van der Waals surface area contributed by atoms with E-state index in [2.05, 4.69) is 11.8 Å². The van der Waals surface area contributed by atoms with Gasteiger partial charge in [-0.3, -0.25) is 19.5 Å². The molecule has 1 aliphatic rings. The van der Waals surface area contributed by atoms with Gasteiger partial charge < -0.3 is 19.6 Å². The van der Waals surface area contributed by atoms with Gasteiger partial charge in [-0.25, -0.2) is 0 Å². The molecule has 0 saturated carbocycles. The van der Waals surface area contributed by atoms with Gasteiger partial charge in [-0.2, -0.15) is 0 Å². The van der Waals surface area contributed by atoms with E-state index >= 15 is 0 Å². The largest absolute Gasteiger partial charge is 0.480 e. The average molecular weight is 328 g/mol. The summed E-state index contributed by atoms with van der Waals surface area (Å²) in [4.78, 5) is 40.9. The number of aldehydes is 2. The summed E-state index contributed by atoms with van der Waals surface area (Å²) in [5.74, 6) is -0.886. The summed E-state index contributed by atoms with van der Waals surface area (Å²) in [5.41, 5.74) is 0. The molecule has 1 rings (SSSR count). The lowest BCUT2D eigenvalue weighted by molar-refractivity contribution is -0.139. The van der Waals surface area contributed by atoms with Crippen molar-refractivity contribution in [1.29, 1.82) is 0 Å². The van der Waals surface area contributed by atoms with Crippen molar-refractivity contribution in [2.75, 3.05) is 72.1 Å². The van der Waals surface area contributed by atoms with Crippen LogP contribution in [0.1, 0.15) is 6.92 Å². The predicted molar refractivity (Wildman–Crippen MR) is 86.3 cm³/mol. The molecule has 1 saturated heterocycles. The van der Waals surface area contributed by atoms with Crippen molar-refractivity contribution < 1.29 is 19.5 Å². The second-order valence-electron chi connectivity index (χ2n) is 5.73. The zero-order chi connectivity index (χ0) is 17.1. The number of nitrogens with zero attached hydrogens (tertiary/aromatic N) is 4. The summed E-state index contributed by atoms with van der Waals surface area (Å²) in [6, 6.07) is 0. The van der Waals surface area contributed by atoms with Gasteiger partial charge in [-0.15, -0.1) is 0 Å². The number of carbonyl (C=O) groups excluding carboxylic acids is 2. The molecule has 0 radical (unpaired) electrons. The lowest BCUT2D eigenvalue weighted by atomic mass is 10.4. The van der Waals surface area contributed by atoms with Crippen LogP contribution in [0.4, 0.5) is 0 Å². The molecular formula is C15H28N4O4. The molecular weight excluding hydrogens is 300 g/mol. The number of carboxylic acids is 1. The quantitative estimate of drug-likeness (QED) is 0.576. The molecule has 0 amide bonds. The Labute approximate surface area is 137 Å². The first-order valence-corrected chi connectivity index (χ1v) is 8.07. The molecule has 132 valence electrons. The molecule has 0 aromatic carbocycles. The number of aliphatic carboxylic acids is 1. The Morgan fingerprint density at radius 2 is 1.35 bits per heavy atom. The molecule has 0 bridgehead atoms. The van der Waals surface area contributed by atoms with Crippen molar-refractivity contribution >= 4 is 18.5 Å². The minimum Gasteiger partial charge on any atom is -0.480 e. The molecule has 8 nitrogen and oxygen atoms in total. The first-order valence-electron chi connectivity index (χ1n) is 8.07. The van der Waals surface area contributed by atoms with Gasteiger partial charge in [0.2, 0.25) is 0 Å². The Kier molecular flexibility index (Phi) is 9.61. The number of carboxylic acid groups (broad SMARTS) is 1. The summed E-state index contributed by atoms with van der Waals surface area (Å²) in [6.07, 6.45) is 1.74. The van der Waals surface area contributed by atoms with Gasteiger partial charge in [-0.05, 0) is 6.54 Å². The topological polar surface area (TPSA) is 84.4 Å². The fourth-order valence-corrected chi connectivity index (χ4v) is 2.68. The highest BCUT2D eigenvalue weighted by Crippen LogP contribution is 2.01. The smallest absolute Gasteiger partial charge is 0.317 e. The van der Waals surface area contributed by atoms with Crippen LogP contribution in [0.5, 0.6) is 0 Å². The Hall–Kier alpha value is -1.35. The van der Waals surface area contributed by atoms with Crippen LogP contribution < -0.4 is 0 Å². The predicted octanol–water partition coefficient (Wildman–Crippen LogP) is -1.33. The second kappa shape index (κ2) is 11.2. The number of carbonyl (C=O) groups is 3. The molecule has 0 unspecified atom stereocenters. The molecule has 23 heavy (non-hydrogen) atoms. The van der Waals surface area contributed by atoms with Gasteiger partial charge in [-0.1, -0.05) is 6.92 Å². The highest BCUT2D eigenvalue weighted by molar-refractivity contribution is 5.69. The minimum absolute atomic E-state index is 0.0677. The molecule has 1 heterocycles. The zero-order valence-electron chi connectivity index (χ0n) is 13.9. The lowest BCUT2D eigenvalue weighted by Gasteiger charge is -2.29. The number of likely N-dealkylation sites (N-methyl/N-ethyl adjacent to an activating group) is 1. The molecule has 0 aromatic heterocycles. The van der Waals surface area contributed by atoms with Crippen molar-refractivity contribution in [2.45, 2.75) is 6.92 Å². The van der Waals surface area contributed by atoms with Gasteiger partial charge in [0.25, 0.3) is 0 Å². The monoisotopic (exact) mass is 328 g/mol. The van der Waals surface area contributed by atoms with E-state index in [1.807, 2.05) is 14.7 Å². The van der Waals surface area contributed by atoms with E-state index in [0.717, 1.165) is 45.3 Å². The van der Waals surface area contributed by atoms with Crippen molar-refractivity contribution in [2.24, 2.45) is 0 Å². The van der Waals surface area contributed by atoms with Gasteiger partial charge in [0, 0.05) is 39.3 Å². The fourth-order valence-electron chi connectivity index (χ4n) is 2.68. The van der Waals surface area contributed by atoms with Gasteiger partial charge in [0.05, 0.1) is 26.3 Å². The third-order valence-electron chi connectivity index (χ3n) is 4.07. The third-order valence-corrected chi connectivity index (χ3v) is 4.07. The van der Waals surface area contributed by atoms with Gasteiger partial charge in [0.15, 0.2) is 0 Å². The molecule has 1 fully saturated rings. The van der Waals surface area contributed by atoms with Crippen LogP contribution in [-0.4, -0.2) is 115 Å². The van der Waals surface area contributed by atoms with Gasteiger partial charge >= 0.3 is 5.97 Å². The molecule has 1 aliphatic heterocycles. The SMILES string of the molecule is CCN1CCN(CC=O)CCN(CC(=O)O)CN(CC=O)CC1. The minimum atomic E-state index is -0.886. The summed E-state index contributed by atoms with van der Waals surface area (Å²) in [6.45, 7) is 8.39. The van der Waals surface area contributed by atoms with Crippen molar-refractivity contribution in [3.8, 4) is 0 Å². The molecule has 0 atom stereocenters. The van der Waals surface area contributed by atoms with Crippen LogP contribution in [0, 0.1) is 0 Å². The molecule has 0 aliphatic carbocycles. The average Bonchev–Trinajstić information content (AvgIpc) is 2.54. The van der Waals surface area contributed by atoms with Crippen LogP contribution in [-0.2, 0) is 14.4 Å². The van der Waals surface area contributed by atoms with Crippen LogP contribution in [0.25, 0.3) is 0 Å². The van der Waals surface area contributed by atoms with E-state index in [1.165, 1.54) is 0 Å². The highest BCUT2D eigenvalue weighted by Gasteiger charge is 2.18. The maximum atomic E-state index is 11.0. The van der Waals surface area contributed by atoms with Crippen LogP contribution in [0.15, 0.2) is 0 Å². The maximum Gasteiger partial charge on any atom is 0.317 e. The summed E-state index contributed by atoms with van der Waals surface area (Å²) in [5, 5.41) is 9.07. The first-order chi connectivity index (χ1) is 11.1. The Balaban J connectivity index is 2.79. The van der Waals surface area contributed by atoms with E-state index in [-0.39, 0.29) is 6.54 Å². The Morgan fingerprint density at radius 3 is 1.87 bits per heavy atom.